The molecule has 0 saturated carbocycles. The summed E-state index contributed by atoms with van der Waals surface area (Å²) in [5.41, 5.74) is 1.39. The van der Waals surface area contributed by atoms with Gasteiger partial charge in [0.05, 0.1) is 17.3 Å². The van der Waals surface area contributed by atoms with E-state index in [0.717, 1.165) is 10.7 Å². The Morgan fingerprint density at radius 3 is 2.52 bits per heavy atom. The Kier molecular flexibility index (Phi) is 5.70. The number of anilines is 1. The van der Waals surface area contributed by atoms with Gasteiger partial charge >= 0.3 is 5.97 Å². The third-order valence-corrected chi connectivity index (χ3v) is 4.10. The van der Waals surface area contributed by atoms with Crippen molar-refractivity contribution < 1.29 is 19.4 Å². The van der Waals surface area contributed by atoms with Gasteiger partial charge in [0.2, 0.25) is 0 Å². The van der Waals surface area contributed by atoms with Crippen molar-refractivity contribution in [1.29, 1.82) is 0 Å². The lowest BCUT2D eigenvalue weighted by Crippen LogP contribution is -2.11. The zero-order valence-electron chi connectivity index (χ0n) is 13.0. The van der Waals surface area contributed by atoms with Crippen molar-refractivity contribution in [3.63, 3.8) is 0 Å². The normalized spacial score (nSPS) is 10.3. The highest BCUT2D eigenvalue weighted by Crippen LogP contribution is 2.20. The first-order valence-electron chi connectivity index (χ1n) is 7.16. The van der Waals surface area contributed by atoms with Crippen molar-refractivity contribution in [2.24, 2.45) is 0 Å². The van der Waals surface area contributed by atoms with Crippen molar-refractivity contribution in [3.05, 3.63) is 39.8 Å². The number of rotatable bonds is 7. The standard InChI is InChI=1S/C16H18N2O4S/c1-10-15(23-11(2)17-10)16(21)18-12-5-7-13(8-6-12)22-9-3-4-14(19)20/h5-8H,3-4,9H2,1-2H3,(H,18,21)(H,19,20). The van der Waals surface area contributed by atoms with Crippen molar-refractivity contribution in [2.45, 2.75) is 26.7 Å². The number of carboxylic acid groups (broad SMARTS) is 1. The maximum Gasteiger partial charge on any atom is 0.303 e. The molecule has 0 fully saturated rings. The number of nitrogens with one attached hydrogen (secondary N) is 1. The second-order valence-electron chi connectivity index (χ2n) is 4.97. The molecule has 2 N–H and O–H groups in total. The fourth-order valence-electron chi connectivity index (χ4n) is 1.98. The van der Waals surface area contributed by atoms with Gasteiger partial charge in [0, 0.05) is 12.1 Å². The zero-order chi connectivity index (χ0) is 16.8. The van der Waals surface area contributed by atoms with Crippen LogP contribution in [-0.4, -0.2) is 28.6 Å². The van der Waals surface area contributed by atoms with Crippen LogP contribution in [0.2, 0.25) is 0 Å². The van der Waals surface area contributed by atoms with Crippen LogP contribution in [0, 0.1) is 13.8 Å². The van der Waals surface area contributed by atoms with Crippen LogP contribution in [0.4, 0.5) is 5.69 Å². The van der Waals surface area contributed by atoms with Crippen LogP contribution in [0.15, 0.2) is 24.3 Å². The van der Waals surface area contributed by atoms with Crippen molar-refractivity contribution in [2.75, 3.05) is 11.9 Å². The first kappa shape index (κ1) is 17.0. The lowest BCUT2D eigenvalue weighted by atomic mass is 10.3. The highest BCUT2D eigenvalue weighted by Gasteiger charge is 2.13. The number of carbonyl (C=O) groups is 2. The van der Waals surface area contributed by atoms with E-state index in [-0.39, 0.29) is 12.3 Å². The molecule has 1 amide bonds. The molecule has 1 aromatic carbocycles. The fourth-order valence-corrected chi connectivity index (χ4v) is 2.79. The van der Waals surface area contributed by atoms with E-state index in [0.29, 0.717) is 29.3 Å². The van der Waals surface area contributed by atoms with Crippen LogP contribution in [0.25, 0.3) is 0 Å². The summed E-state index contributed by atoms with van der Waals surface area (Å²) in [5.74, 6) is -0.373. The van der Waals surface area contributed by atoms with Gasteiger partial charge in [-0.05, 0) is 44.5 Å². The third kappa shape index (κ3) is 5.07. The number of aryl methyl sites for hydroxylation is 2. The number of aromatic nitrogens is 1. The van der Waals surface area contributed by atoms with E-state index in [9.17, 15) is 9.59 Å². The van der Waals surface area contributed by atoms with Crippen molar-refractivity contribution in [3.8, 4) is 5.75 Å². The summed E-state index contributed by atoms with van der Waals surface area (Å²) >= 11 is 1.36. The molecular weight excluding hydrogens is 316 g/mol. The molecule has 0 atom stereocenters. The van der Waals surface area contributed by atoms with E-state index < -0.39 is 5.97 Å². The molecule has 7 heteroatoms. The SMILES string of the molecule is Cc1nc(C)c(C(=O)Nc2ccc(OCCCC(=O)O)cc2)s1. The fraction of sp³-hybridized carbons (Fsp3) is 0.312. The number of thiazole rings is 1. The van der Waals surface area contributed by atoms with Gasteiger partial charge in [0.25, 0.3) is 5.91 Å². The Morgan fingerprint density at radius 1 is 1.26 bits per heavy atom. The van der Waals surface area contributed by atoms with Gasteiger partial charge < -0.3 is 15.2 Å². The average molecular weight is 334 g/mol. The molecule has 0 bridgehead atoms. The number of benzene rings is 1. The second kappa shape index (κ2) is 7.73. The number of carbonyl (C=O) groups excluding carboxylic acids is 1. The van der Waals surface area contributed by atoms with Gasteiger partial charge in [0.1, 0.15) is 10.6 Å². The van der Waals surface area contributed by atoms with Crippen LogP contribution >= 0.6 is 11.3 Å². The molecule has 0 unspecified atom stereocenters. The number of carboxylic acids is 1. The number of hydrogen-bond acceptors (Lipinski definition) is 5. The Labute approximate surface area is 138 Å². The van der Waals surface area contributed by atoms with Gasteiger partial charge in [-0.1, -0.05) is 0 Å². The topological polar surface area (TPSA) is 88.5 Å². The minimum absolute atomic E-state index is 0.0851. The van der Waals surface area contributed by atoms with Gasteiger partial charge in [-0.3, -0.25) is 9.59 Å². The third-order valence-electron chi connectivity index (χ3n) is 3.03. The van der Waals surface area contributed by atoms with Gasteiger partial charge in [-0.25, -0.2) is 4.98 Å². The Balaban J connectivity index is 1.88. The predicted octanol–water partition coefficient (Wildman–Crippen LogP) is 3.26. The van der Waals surface area contributed by atoms with Gasteiger partial charge in [-0.15, -0.1) is 11.3 Å². The quantitative estimate of drug-likeness (QED) is 0.759. The van der Waals surface area contributed by atoms with Crippen molar-refractivity contribution >= 4 is 28.9 Å². The molecule has 1 heterocycles. The van der Waals surface area contributed by atoms with Crippen LogP contribution in [0.5, 0.6) is 5.75 Å². The van der Waals surface area contributed by atoms with Gasteiger partial charge in [-0.2, -0.15) is 0 Å². The summed E-state index contributed by atoms with van der Waals surface area (Å²) in [6.45, 7) is 4.02. The molecule has 1 aromatic heterocycles. The Bertz CT molecular complexity index is 695. The highest BCUT2D eigenvalue weighted by molar-refractivity contribution is 7.13. The molecular formula is C16H18N2O4S. The number of hydrogen-bond donors (Lipinski definition) is 2. The van der Waals surface area contributed by atoms with E-state index in [1.54, 1.807) is 24.3 Å². The summed E-state index contributed by atoms with van der Waals surface area (Å²) in [4.78, 5) is 27.4. The van der Waals surface area contributed by atoms with E-state index in [4.69, 9.17) is 9.84 Å². The first-order valence-corrected chi connectivity index (χ1v) is 7.97. The largest absolute Gasteiger partial charge is 0.494 e. The zero-order valence-corrected chi connectivity index (χ0v) is 13.8. The van der Waals surface area contributed by atoms with Crippen LogP contribution < -0.4 is 10.1 Å². The number of amides is 1. The monoisotopic (exact) mass is 334 g/mol. The molecule has 0 radical (unpaired) electrons. The number of nitrogens with zero attached hydrogens (tertiary/aromatic N) is 1. The molecule has 0 aliphatic heterocycles. The summed E-state index contributed by atoms with van der Waals surface area (Å²) in [7, 11) is 0. The molecule has 0 aliphatic rings. The summed E-state index contributed by atoms with van der Waals surface area (Å²) in [6, 6.07) is 6.96. The van der Waals surface area contributed by atoms with Gasteiger partial charge in [0.15, 0.2) is 0 Å². The molecule has 0 aliphatic carbocycles. The maximum absolute atomic E-state index is 12.2. The summed E-state index contributed by atoms with van der Waals surface area (Å²) in [5, 5.41) is 12.2. The van der Waals surface area contributed by atoms with Crippen LogP contribution in [0.1, 0.15) is 33.2 Å². The smallest absolute Gasteiger partial charge is 0.303 e. The molecule has 0 saturated heterocycles. The minimum atomic E-state index is -0.833. The van der Waals surface area contributed by atoms with Crippen LogP contribution in [0.3, 0.4) is 0 Å². The Hall–Kier alpha value is -2.41. The maximum atomic E-state index is 12.2. The van der Waals surface area contributed by atoms with E-state index in [1.165, 1.54) is 11.3 Å². The molecule has 122 valence electrons. The highest BCUT2D eigenvalue weighted by atomic mass is 32.1. The molecule has 6 nitrogen and oxygen atoms in total. The average Bonchev–Trinajstić information content (AvgIpc) is 2.84. The first-order chi connectivity index (χ1) is 11.0. The van der Waals surface area contributed by atoms with E-state index in [2.05, 4.69) is 10.3 Å². The number of aliphatic carboxylic acids is 1. The second-order valence-corrected chi connectivity index (χ2v) is 6.17. The molecule has 0 spiro atoms. The molecule has 23 heavy (non-hydrogen) atoms. The lowest BCUT2D eigenvalue weighted by molar-refractivity contribution is -0.137. The van der Waals surface area contributed by atoms with Crippen molar-refractivity contribution in [1.82, 2.24) is 4.98 Å². The number of ether oxygens (including phenoxy) is 1. The minimum Gasteiger partial charge on any atom is -0.494 e. The summed E-state index contributed by atoms with van der Waals surface area (Å²) in [6.07, 6.45) is 0.541. The molecule has 2 aromatic rings. The summed E-state index contributed by atoms with van der Waals surface area (Å²) < 4.78 is 5.44. The van der Waals surface area contributed by atoms with Crippen LogP contribution in [-0.2, 0) is 4.79 Å². The van der Waals surface area contributed by atoms with E-state index >= 15 is 0 Å². The molecule has 2 rings (SSSR count). The lowest BCUT2D eigenvalue weighted by Gasteiger charge is -2.07. The Morgan fingerprint density at radius 2 is 1.96 bits per heavy atom. The van der Waals surface area contributed by atoms with E-state index in [1.807, 2.05) is 13.8 Å². The predicted molar refractivity (Wildman–Crippen MR) is 88.3 cm³/mol.